The molecule has 4 heteroatoms. The molecular formula is C15H11BrN2O. The Morgan fingerprint density at radius 1 is 1.21 bits per heavy atom. The van der Waals surface area contributed by atoms with Crippen molar-refractivity contribution in [3.05, 3.63) is 69.2 Å². The minimum atomic E-state index is -0.510. The second-order valence-corrected chi connectivity index (χ2v) is 5.03. The smallest absolute Gasteiger partial charge is 0.249 e. The molecule has 0 unspecified atom stereocenters. The maximum Gasteiger partial charge on any atom is 0.249 e. The Kier molecular flexibility index (Phi) is 3.98. The van der Waals surface area contributed by atoms with Crippen molar-refractivity contribution in [3.63, 3.8) is 0 Å². The van der Waals surface area contributed by atoms with Crippen LogP contribution in [0.25, 0.3) is 0 Å². The lowest BCUT2D eigenvalue weighted by molar-refractivity contribution is 0.0999. The molecule has 0 heterocycles. The summed E-state index contributed by atoms with van der Waals surface area (Å²) >= 11 is 3.37. The molecule has 0 bridgehead atoms. The third-order valence-electron chi connectivity index (χ3n) is 2.86. The van der Waals surface area contributed by atoms with Gasteiger partial charge in [-0.15, -0.1) is 0 Å². The molecule has 0 radical (unpaired) electrons. The molecule has 0 aliphatic rings. The third-order valence-corrected chi connectivity index (χ3v) is 3.38. The average Bonchev–Trinajstić information content (AvgIpc) is 2.41. The number of hydrogen-bond acceptors (Lipinski definition) is 2. The van der Waals surface area contributed by atoms with Crippen LogP contribution in [0.15, 0.2) is 46.9 Å². The number of primary amides is 1. The Labute approximate surface area is 119 Å². The normalized spacial score (nSPS) is 9.89. The third kappa shape index (κ3) is 3.01. The molecule has 0 spiro atoms. The number of benzene rings is 2. The summed E-state index contributed by atoms with van der Waals surface area (Å²) in [5.74, 6) is -0.510. The van der Waals surface area contributed by atoms with Gasteiger partial charge in [-0.2, -0.15) is 5.26 Å². The SMILES string of the molecule is N#Cc1cccc(C(N)=O)c1Cc1ccc(Br)cc1. The van der Waals surface area contributed by atoms with Crippen molar-refractivity contribution in [2.24, 2.45) is 5.73 Å². The number of nitrogens with two attached hydrogens (primary N) is 1. The van der Waals surface area contributed by atoms with Crippen molar-refractivity contribution in [2.75, 3.05) is 0 Å². The van der Waals surface area contributed by atoms with Gasteiger partial charge in [-0.1, -0.05) is 34.1 Å². The number of halogens is 1. The second-order valence-electron chi connectivity index (χ2n) is 4.11. The van der Waals surface area contributed by atoms with Gasteiger partial charge in [-0.3, -0.25) is 4.79 Å². The van der Waals surface area contributed by atoms with Gasteiger partial charge in [0.15, 0.2) is 0 Å². The Bertz CT molecular complexity index is 657. The van der Waals surface area contributed by atoms with Crippen LogP contribution in [0.4, 0.5) is 0 Å². The summed E-state index contributed by atoms with van der Waals surface area (Å²) in [6.07, 6.45) is 0.509. The Morgan fingerprint density at radius 3 is 2.47 bits per heavy atom. The minimum Gasteiger partial charge on any atom is -0.366 e. The molecule has 0 atom stereocenters. The molecule has 2 aromatic rings. The van der Waals surface area contributed by atoms with Gasteiger partial charge in [0.1, 0.15) is 0 Å². The highest BCUT2D eigenvalue weighted by Gasteiger charge is 2.12. The molecule has 94 valence electrons. The summed E-state index contributed by atoms with van der Waals surface area (Å²) < 4.78 is 0.986. The van der Waals surface area contributed by atoms with Gasteiger partial charge in [0.25, 0.3) is 0 Å². The lowest BCUT2D eigenvalue weighted by Gasteiger charge is -2.09. The molecule has 3 nitrogen and oxygen atoms in total. The van der Waals surface area contributed by atoms with Crippen molar-refractivity contribution >= 4 is 21.8 Å². The summed E-state index contributed by atoms with van der Waals surface area (Å²) in [5.41, 5.74) is 7.95. The summed E-state index contributed by atoms with van der Waals surface area (Å²) in [4.78, 5) is 11.4. The number of nitrogens with zero attached hydrogens (tertiary/aromatic N) is 1. The molecule has 0 fully saturated rings. The molecule has 0 saturated carbocycles. The summed E-state index contributed by atoms with van der Waals surface area (Å²) in [5, 5.41) is 9.14. The fraction of sp³-hybridized carbons (Fsp3) is 0.0667. The monoisotopic (exact) mass is 314 g/mol. The van der Waals surface area contributed by atoms with Gasteiger partial charge in [0.05, 0.1) is 11.6 Å². The van der Waals surface area contributed by atoms with E-state index in [4.69, 9.17) is 11.0 Å². The number of rotatable bonds is 3. The highest BCUT2D eigenvalue weighted by molar-refractivity contribution is 9.10. The van der Waals surface area contributed by atoms with Crippen LogP contribution in [0.3, 0.4) is 0 Å². The van der Waals surface area contributed by atoms with Crippen LogP contribution >= 0.6 is 15.9 Å². The van der Waals surface area contributed by atoms with Gasteiger partial charge in [0, 0.05) is 10.0 Å². The summed E-state index contributed by atoms with van der Waals surface area (Å²) in [7, 11) is 0. The zero-order valence-electron chi connectivity index (χ0n) is 10.1. The molecule has 1 amide bonds. The maximum atomic E-state index is 11.4. The standard InChI is InChI=1S/C15H11BrN2O/c16-12-6-4-10(5-7-12)8-14-11(9-17)2-1-3-13(14)15(18)19/h1-7H,8H2,(H2,18,19). The van der Waals surface area contributed by atoms with E-state index in [1.165, 1.54) is 0 Å². The van der Waals surface area contributed by atoms with E-state index < -0.39 is 5.91 Å². The first-order chi connectivity index (χ1) is 9.11. The van der Waals surface area contributed by atoms with E-state index >= 15 is 0 Å². The number of carbonyl (C=O) groups excluding carboxylic acids is 1. The summed E-state index contributed by atoms with van der Waals surface area (Å²) in [6.45, 7) is 0. The first-order valence-corrected chi connectivity index (χ1v) is 6.47. The van der Waals surface area contributed by atoms with E-state index in [-0.39, 0.29) is 0 Å². The van der Waals surface area contributed by atoms with Crippen molar-refractivity contribution in [1.82, 2.24) is 0 Å². The molecule has 2 aromatic carbocycles. The van der Waals surface area contributed by atoms with E-state index in [1.54, 1.807) is 18.2 Å². The quantitative estimate of drug-likeness (QED) is 0.946. The Balaban J connectivity index is 2.46. The molecule has 2 rings (SSSR count). The lowest BCUT2D eigenvalue weighted by atomic mass is 9.95. The summed E-state index contributed by atoms with van der Waals surface area (Å²) in [6, 6.07) is 14.9. The highest BCUT2D eigenvalue weighted by atomic mass is 79.9. The number of hydrogen-bond donors (Lipinski definition) is 1. The van der Waals surface area contributed by atoms with E-state index in [9.17, 15) is 4.79 Å². The molecule has 0 aromatic heterocycles. The molecule has 0 aliphatic carbocycles. The molecule has 2 N–H and O–H groups in total. The largest absolute Gasteiger partial charge is 0.366 e. The topological polar surface area (TPSA) is 66.9 Å². The van der Waals surface area contributed by atoms with Crippen LogP contribution in [0.5, 0.6) is 0 Å². The Hall–Kier alpha value is -2.12. The number of nitriles is 1. The predicted molar refractivity (Wildman–Crippen MR) is 76.6 cm³/mol. The van der Waals surface area contributed by atoms with Crippen LogP contribution in [0, 0.1) is 11.3 Å². The highest BCUT2D eigenvalue weighted by Crippen LogP contribution is 2.20. The van der Waals surface area contributed by atoms with E-state index in [0.29, 0.717) is 23.1 Å². The van der Waals surface area contributed by atoms with Crippen molar-refractivity contribution in [1.29, 1.82) is 5.26 Å². The minimum absolute atomic E-state index is 0.405. The van der Waals surface area contributed by atoms with Gasteiger partial charge < -0.3 is 5.73 Å². The average molecular weight is 315 g/mol. The van der Waals surface area contributed by atoms with Gasteiger partial charge in [0.2, 0.25) is 5.91 Å². The van der Waals surface area contributed by atoms with Crippen LogP contribution in [-0.4, -0.2) is 5.91 Å². The van der Waals surface area contributed by atoms with Crippen LogP contribution in [-0.2, 0) is 6.42 Å². The van der Waals surface area contributed by atoms with E-state index in [2.05, 4.69) is 22.0 Å². The molecule has 19 heavy (non-hydrogen) atoms. The van der Waals surface area contributed by atoms with Crippen LogP contribution < -0.4 is 5.73 Å². The van der Waals surface area contributed by atoms with Crippen molar-refractivity contribution in [2.45, 2.75) is 6.42 Å². The van der Waals surface area contributed by atoms with Crippen LogP contribution in [0.1, 0.15) is 27.0 Å². The maximum absolute atomic E-state index is 11.4. The van der Waals surface area contributed by atoms with Crippen LogP contribution in [0.2, 0.25) is 0 Å². The first kappa shape index (κ1) is 13.3. The molecule has 0 saturated heterocycles. The van der Waals surface area contributed by atoms with Gasteiger partial charge in [-0.25, -0.2) is 0 Å². The lowest BCUT2D eigenvalue weighted by Crippen LogP contribution is -2.15. The fourth-order valence-electron chi connectivity index (χ4n) is 1.92. The van der Waals surface area contributed by atoms with E-state index in [1.807, 2.05) is 24.3 Å². The fourth-order valence-corrected chi connectivity index (χ4v) is 2.18. The zero-order chi connectivity index (χ0) is 13.8. The zero-order valence-corrected chi connectivity index (χ0v) is 11.6. The predicted octanol–water partition coefficient (Wildman–Crippen LogP) is 3.01. The number of carbonyl (C=O) groups is 1. The second kappa shape index (κ2) is 5.68. The van der Waals surface area contributed by atoms with E-state index in [0.717, 1.165) is 10.0 Å². The molecule has 0 aliphatic heterocycles. The van der Waals surface area contributed by atoms with Crippen molar-refractivity contribution < 1.29 is 4.79 Å². The number of amides is 1. The van der Waals surface area contributed by atoms with Gasteiger partial charge in [-0.05, 0) is 41.8 Å². The first-order valence-electron chi connectivity index (χ1n) is 5.68. The van der Waals surface area contributed by atoms with Gasteiger partial charge >= 0.3 is 0 Å². The molecular weight excluding hydrogens is 304 g/mol. The van der Waals surface area contributed by atoms with Crippen molar-refractivity contribution in [3.8, 4) is 6.07 Å². The Morgan fingerprint density at radius 2 is 1.89 bits per heavy atom.